The highest BCUT2D eigenvalue weighted by molar-refractivity contribution is 9.10. The molecule has 2 rings (SSSR count). The van der Waals surface area contributed by atoms with E-state index in [-0.39, 0.29) is 11.4 Å². The van der Waals surface area contributed by atoms with Gasteiger partial charge in [0.25, 0.3) is 5.91 Å². The number of hydrogen-bond acceptors (Lipinski definition) is 3. The lowest BCUT2D eigenvalue weighted by atomic mass is 10.1. The van der Waals surface area contributed by atoms with Crippen molar-refractivity contribution < 1.29 is 14.7 Å². The molecule has 0 fully saturated rings. The second-order valence-corrected chi connectivity index (χ2v) is 4.89. The molecule has 1 heterocycles. The van der Waals surface area contributed by atoms with Gasteiger partial charge in [-0.15, -0.1) is 0 Å². The Labute approximate surface area is 123 Å². The third kappa shape index (κ3) is 2.85. The maximum Gasteiger partial charge on any atom is 0.356 e. The van der Waals surface area contributed by atoms with Crippen LogP contribution in [-0.2, 0) is 0 Å². The van der Waals surface area contributed by atoms with Crippen molar-refractivity contribution in [2.75, 3.05) is 5.32 Å². The summed E-state index contributed by atoms with van der Waals surface area (Å²) in [5, 5.41) is 11.6. The number of aryl methyl sites for hydroxylation is 1. The van der Waals surface area contributed by atoms with Gasteiger partial charge in [0.05, 0.1) is 11.3 Å². The van der Waals surface area contributed by atoms with Crippen molar-refractivity contribution in [3.8, 4) is 0 Å². The van der Waals surface area contributed by atoms with Crippen molar-refractivity contribution in [2.24, 2.45) is 0 Å². The van der Waals surface area contributed by atoms with Crippen LogP contribution in [0.15, 0.2) is 41.0 Å². The highest BCUT2D eigenvalue weighted by Gasteiger charge is 2.16. The van der Waals surface area contributed by atoms with Gasteiger partial charge in [-0.25, -0.2) is 9.78 Å². The lowest BCUT2D eigenvalue weighted by molar-refractivity contribution is 0.0692. The first-order valence-electron chi connectivity index (χ1n) is 5.75. The van der Waals surface area contributed by atoms with Crippen molar-refractivity contribution in [3.63, 3.8) is 0 Å². The summed E-state index contributed by atoms with van der Waals surface area (Å²) < 4.78 is 0.679. The van der Waals surface area contributed by atoms with E-state index in [9.17, 15) is 9.59 Å². The van der Waals surface area contributed by atoms with Gasteiger partial charge >= 0.3 is 5.97 Å². The molecule has 0 radical (unpaired) electrons. The zero-order valence-corrected chi connectivity index (χ0v) is 12.1. The van der Waals surface area contributed by atoms with Gasteiger partial charge in [0.2, 0.25) is 0 Å². The second-order valence-electron chi connectivity index (χ2n) is 4.10. The lowest BCUT2D eigenvalue weighted by Crippen LogP contribution is -2.16. The molecule has 0 aliphatic heterocycles. The Bertz CT molecular complexity index is 686. The van der Waals surface area contributed by atoms with Crippen LogP contribution in [0.2, 0.25) is 0 Å². The van der Waals surface area contributed by atoms with Crippen molar-refractivity contribution >= 4 is 33.5 Å². The number of rotatable bonds is 3. The van der Waals surface area contributed by atoms with Gasteiger partial charge in [0, 0.05) is 10.7 Å². The molecule has 0 aliphatic carbocycles. The molecule has 0 saturated carbocycles. The molecule has 1 aromatic carbocycles. The minimum atomic E-state index is -1.19. The highest BCUT2D eigenvalue weighted by atomic mass is 79.9. The highest BCUT2D eigenvalue weighted by Crippen LogP contribution is 2.22. The summed E-state index contributed by atoms with van der Waals surface area (Å²) in [7, 11) is 0. The molecule has 1 aromatic heterocycles. The topological polar surface area (TPSA) is 79.3 Å². The average molecular weight is 335 g/mol. The predicted octanol–water partition coefficient (Wildman–Crippen LogP) is 3.10. The van der Waals surface area contributed by atoms with Gasteiger partial charge < -0.3 is 10.4 Å². The van der Waals surface area contributed by atoms with E-state index in [1.807, 2.05) is 13.0 Å². The number of carboxylic acids is 1. The minimum absolute atomic E-state index is 0.165. The number of carbonyl (C=O) groups excluding carboxylic acids is 1. The average Bonchev–Trinajstić information content (AvgIpc) is 2.42. The summed E-state index contributed by atoms with van der Waals surface area (Å²) in [6.45, 7) is 1.87. The third-order valence-corrected chi connectivity index (χ3v) is 3.75. The smallest absolute Gasteiger partial charge is 0.356 e. The quantitative estimate of drug-likeness (QED) is 0.903. The predicted molar refractivity (Wildman–Crippen MR) is 78.0 cm³/mol. The molecule has 0 saturated heterocycles. The molecule has 20 heavy (non-hydrogen) atoms. The molecule has 0 unspecified atom stereocenters. The monoisotopic (exact) mass is 334 g/mol. The summed E-state index contributed by atoms with van der Waals surface area (Å²) >= 11 is 3.35. The maximum atomic E-state index is 12.2. The zero-order chi connectivity index (χ0) is 14.7. The van der Waals surface area contributed by atoms with Crippen molar-refractivity contribution in [1.29, 1.82) is 0 Å². The Kier molecular flexibility index (Phi) is 4.14. The van der Waals surface area contributed by atoms with Crippen LogP contribution in [0.5, 0.6) is 0 Å². The van der Waals surface area contributed by atoms with E-state index in [0.717, 1.165) is 5.56 Å². The Morgan fingerprint density at radius 1 is 1.25 bits per heavy atom. The molecule has 2 N–H and O–H groups in total. The number of aromatic carboxylic acids is 1. The summed E-state index contributed by atoms with van der Waals surface area (Å²) in [6, 6.07) is 8.35. The van der Waals surface area contributed by atoms with E-state index in [1.165, 1.54) is 12.3 Å². The van der Waals surface area contributed by atoms with Gasteiger partial charge in [-0.05, 0) is 46.6 Å². The summed E-state index contributed by atoms with van der Waals surface area (Å²) in [4.78, 5) is 27.0. The number of pyridine rings is 1. The second kappa shape index (κ2) is 5.83. The Hall–Kier alpha value is -2.21. The van der Waals surface area contributed by atoms with Gasteiger partial charge in [0.15, 0.2) is 5.69 Å². The number of anilines is 1. The molecule has 2 aromatic rings. The van der Waals surface area contributed by atoms with E-state index in [0.29, 0.717) is 10.0 Å². The summed E-state index contributed by atoms with van der Waals surface area (Å²) in [6.07, 6.45) is 1.36. The molecule has 102 valence electrons. The molecular formula is C14H11BrN2O3. The van der Waals surface area contributed by atoms with Gasteiger partial charge in [-0.2, -0.15) is 0 Å². The van der Waals surface area contributed by atoms with Crippen LogP contribution in [0.3, 0.4) is 0 Å². The number of amides is 1. The standard InChI is InChI=1S/C14H11BrN2O3/c1-8-4-2-5-9(11(8)15)13(18)17-10-6-3-7-16-12(10)14(19)20/h2-7H,1H3,(H,17,18)(H,19,20). The van der Waals surface area contributed by atoms with E-state index < -0.39 is 11.9 Å². The van der Waals surface area contributed by atoms with Crippen LogP contribution in [0.4, 0.5) is 5.69 Å². The van der Waals surface area contributed by atoms with E-state index in [2.05, 4.69) is 26.2 Å². The zero-order valence-electron chi connectivity index (χ0n) is 10.6. The summed E-state index contributed by atoms with van der Waals surface area (Å²) in [5.74, 6) is -1.58. The molecule has 0 spiro atoms. The van der Waals surface area contributed by atoms with E-state index in [1.54, 1.807) is 18.2 Å². The molecule has 5 nitrogen and oxygen atoms in total. The van der Waals surface area contributed by atoms with Crippen LogP contribution in [-0.4, -0.2) is 22.0 Å². The fourth-order valence-corrected chi connectivity index (χ4v) is 2.13. The number of benzene rings is 1. The van der Waals surface area contributed by atoms with Gasteiger partial charge in [0.1, 0.15) is 0 Å². The van der Waals surface area contributed by atoms with Crippen molar-refractivity contribution in [2.45, 2.75) is 6.92 Å². The molecule has 0 atom stereocenters. The number of carbonyl (C=O) groups is 2. The Balaban J connectivity index is 2.33. The lowest BCUT2D eigenvalue weighted by Gasteiger charge is -2.09. The molecule has 1 amide bonds. The minimum Gasteiger partial charge on any atom is -0.476 e. The number of nitrogens with zero attached hydrogens (tertiary/aromatic N) is 1. The van der Waals surface area contributed by atoms with Gasteiger partial charge in [-0.1, -0.05) is 12.1 Å². The van der Waals surface area contributed by atoms with Crippen LogP contribution in [0.25, 0.3) is 0 Å². The Morgan fingerprint density at radius 2 is 2.00 bits per heavy atom. The van der Waals surface area contributed by atoms with Crippen LogP contribution < -0.4 is 5.32 Å². The van der Waals surface area contributed by atoms with Gasteiger partial charge in [-0.3, -0.25) is 4.79 Å². The number of halogens is 1. The summed E-state index contributed by atoms with van der Waals surface area (Å²) in [5.41, 5.74) is 1.33. The first kappa shape index (κ1) is 14.2. The first-order valence-corrected chi connectivity index (χ1v) is 6.55. The largest absolute Gasteiger partial charge is 0.476 e. The number of aromatic nitrogens is 1. The SMILES string of the molecule is Cc1cccc(C(=O)Nc2cccnc2C(=O)O)c1Br. The number of hydrogen-bond donors (Lipinski definition) is 2. The van der Waals surface area contributed by atoms with Crippen molar-refractivity contribution in [3.05, 3.63) is 57.8 Å². The number of nitrogens with one attached hydrogen (secondary N) is 1. The normalized spacial score (nSPS) is 10.1. The van der Waals surface area contributed by atoms with Crippen LogP contribution >= 0.6 is 15.9 Å². The molecular weight excluding hydrogens is 324 g/mol. The third-order valence-electron chi connectivity index (χ3n) is 2.69. The van der Waals surface area contributed by atoms with Crippen molar-refractivity contribution in [1.82, 2.24) is 4.98 Å². The van der Waals surface area contributed by atoms with Crippen LogP contribution in [0, 0.1) is 6.92 Å². The molecule has 6 heteroatoms. The van der Waals surface area contributed by atoms with Crippen LogP contribution in [0.1, 0.15) is 26.4 Å². The van der Waals surface area contributed by atoms with E-state index in [4.69, 9.17) is 5.11 Å². The Morgan fingerprint density at radius 3 is 2.70 bits per heavy atom. The maximum absolute atomic E-state index is 12.2. The van der Waals surface area contributed by atoms with E-state index >= 15 is 0 Å². The fraction of sp³-hybridized carbons (Fsp3) is 0.0714. The fourth-order valence-electron chi connectivity index (χ4n) is 1.69. The molecule has 0 bridgehead atoms. The molecule has 0 aliphatic rings. The first-order chi connectivity index (χ1) is 9.50. The number of carboxylic acid groups (broad SMARTS) is 1.